The van der Waals surface area contributed by atoms with E-state index in [1.807, 2.05) is 59.5 Å². The van der Waals surface area contributed by atoms with Crippen molar-refractivity contribution in [3.05, 3.63) is 82.9 Å². The molecule has 168 valence electrons. The average molecular weight is 462 g/mol. The van der Waals surface area contributed by atoms with Gasteiger partial charge in [-0.15, -0.1) is 0 Å². The smallest absolute Gasteiger partial charge is 0.255 e. The van der Waals surface area contributed by atoms with E-state index in [9.17, 15) is 4.79 Å². The lowest BCUT2D eigenvalue weighted by Gasteiger charge is -2.41. The van der Waals surface area contributed by atoms with Crippen molar-refractivity contribution in [2.24, 2.45) is 4.99 Å². The van der Waals surface area contributed by atoms with Crippen molar-refractivity contribution in [3.8, 4) is 17.2 Å². The minimum atomic E-state index is -0.0469. The van der Waals surface area contributed by atoms with Gasteiger partial charge in [-0.3, -0.25) is 4.79 Å². The van der Waals surface area contributed by atoms with Crippen LogP contribution >= 0.6 is 11.6 Å². The molecular formula is C26H24ClN3O3. The number of aliphatic imine (C=N–C) groups is 1. The highest BCUT2D eigenvalue weighted by Crippen LogP contribution is 2.39. The summed E-state index contributed by atoms with van der Waals surface area (Å²) in [7, 11) is 1.64. The number of amidine groups is 1. The van der Waals surface area contributed by atoms with Crippen molar-refractivity contribution in [1.29, 1.82) is 0 Å². The van der Waals surface area contributed by atoms with Crippen LogP contribution in [0, 0.1) is 0 Å². The molecule has 0 aromatic heterocycles. The van der Waals surface area contributed by atoms with Crippen LogP contribution in [-0.4, -0.2) is 54.3 Å². The zero-order valence-electron chi connectivity index (χ0n) is 18.5. The van der Waals surface area contributed by atoms with Crippen LogP contribution in [0.15, 0.2) is 71.7 Å². The molecule has 3 aromatic rings. The SMILES string of the molecule is COc1ccc2c(c1)Oc1ccccc1N=C2N1CCN(C(=O)c2ccccc2Cl)[C@H](C)C1. The number of hydrogen-bond acceptors (Lipinski definition) is 5. The number of nitrogens with zero attached hydrogens (tertiary/aromatic N) is 3. The van der Waals surface area contributed by atoms with E-state index in [1.165, 1.54) is 0 Å². The topological polar surface area (TPSA) is 54.4 Å². The van der Waals surface area contributed by atoms with E-state index < -0.39 is 0 Å². The molecular weight excluding hydrogens is 438 g/mol. The second-order valence-electron chi connectivity index (χ2n) is 8.14. The van der Waals surface area contributed by atoms with Gasteiger partial charge in [-0.1, -0.05) is 35.9 Å². The van der Waals surface area contributed by atoms with E-state index >= 15 is 0 Å². The van der Waals surface area contributed by atoms with Crippen molar-refractivity contribution < 1.29 is 14.3 Å². The first-order valence-corrected chi connectivity index (χ1v) is 11.3. The minimum Gasteiger partial charge on any atom is -0.497 e. The van der Waals surface area contributed by atoms with Crippen molar-refractivity contribution >= 4 is 29.0 Å². The quantitative estimate of drug-likeness (QED) is 0.514. The van der Waals surface area contributed by atoms with Crippen molar-refractivity contribution in [1.82, 2.24) is 9.80 Å². The molecule has 5 rings (SSSR count). The number of carbonyl (C=O) groups excluding carboxylic acids is 1. The molecule has 2 aliphatic heterocycles. The Balaban J connectivity index is 1.46. The molecule has 0 aliphatic carbocycles. The number of hydrogen-bond donors (Lipinski definition) is 0. The van der Waals surface area contributed by atoms with Gasteiger partial charge >= 0.3 is 0 Å². The summed E-state index contributed by atoms with van der Waals surface area (Å²) in [4.78, 5) is 22.3. The Morgan fingerprint density at radius 2 is 1.85 bits per heavy atom. The first kappa shape index (κ1) is 21.3. The largest absolute Gasteiger partial charge is 0.497 e. The normalized spacial score (nSPS) is 17.3. The Kier molecular flexibility index (Phi) is 5.68. The molecule has 6 nitrogen and oxygen atoms in total. The molecule has 0 N–H and O–H groups in total. The Morgan fingerprint density at radius 1 is 1.06 bits per heavy atom. The maximum absolute atomic E-state index is 13.2. The van der Waals surface area contributed by atoms with Crippen LogP contribution in [0.2, 0.25) is 5.02 Å². The summed E-state index contributed by atoms with van der Waals surface area (Å²) < 4.78 is 11.6. The molecule has 2 heterocycles. The van der Waals surface area contributed by atoms with E-state index in [1.54, 1.807) is 19.2 Å². The van der Waals surface area contributed by atoms with Gasteiger partial charge in [0, 0.05) is 31.7 Å². The molecule has 0 saturated carbocycles. The molecule has 0 spiro atoms. The van der Waals surface area contributed by atoms with E-state index in [-0.39, 0.29) is 11.9 Å². The highest BCUT2D eigenvalue weighted by molar-refractivity contribution is 6.33. The number of halogens is 1. The average Bonchev–Trinajstić information content (AvgIpc) is 3.00. The molecule has 1 saturated heterocycles. The molecule has 1 amide bonds. The van der Waals surface area contributed by atoms with Crippen molar-refractivity contribution in [2.75, 3.05) is 26.7 Å². The highest BCUT2D eigenvalue weighted by Gasteiger charge is 2.32. The zero-order valence-corrected chi connectivity index (χ0v) is 19.2. The fourth-order valence-electron chi connectivity index (χ4n) is 4.31. The Morgan fingerprint density at radius 3 is 2.64 bits per heavy atom. The van der Waals surface area contributed by atoms with Crippen LogP contribution < -0.4 is 9.47 Å². The fraction of sp³-hybridized carbons (Fsp3) is 0.231. The van der Waals surface area contributed by atoms with E-state index in [4.69, 9.17) is 26.1 Å². The summed E-state index contributed by atoms with van der Waals surface area (Å²) in [5.74, 6) is 2.89. The Bertz CT molecular complexity index is 1240. The summed E-state index contributed by atoms with van der Waals surface area (Å²) in [5, 5.41) is 0.474. The molecule has 0 unspecified atom stereocenters. The zero-order chi connectivity index (χ0) is 22.9. The van der Waals surface area contributed by atoms with Crippen LogP contribution in [0.25, 0.3) is 0 Å². The van der Waals surface area contributed by atoms with Gasteiger partial charge in [-0.2, -0.15) is 0 Å². The number of para-hydroxylation sites is 2. The molecule has 33 heavy (non-hydrogen) atoms. The Hall–Kier alpha value is -3.51. The van der Waals surface area contributed by atoms with Crippen LogP contribution in [0.5, 0.6) is 17.2 Å². The lowest BCUT2D eigenvalue weighted by molar-refractivity contribution is 0.0581. The third-order valence-electron chi connectivity index (χ3n) is 6.03. The van der Waals surface area contributed by atoms with Gasteiger partial charge in [0.25, 0.3) is 5.91 Å². The monoisotopic (exact) mass is 461 g/mol. The number of rotatable bonds is 2. The number of benzene rings is 3. The van der Waals surface area contributed by atoms with Gasteiger partial charge < -0.3 is 19.3 Å². The van der Waals surface area contributed by atoms with Crippen molar-refractivity contribution in [3.63, 3.8) is 0 Å². The predicted molar refractivity (Wildman–Crippen MR) is 129 cm³/mol. The van der Waals surface area contributed by atoms with Gasteiger partial charge in [0.2, 0.25) is 0 Å². The molecule has 1 atom stereocenters. The highest BCUT2D eigenvalue weighted by atomic mass is 35.5. The first-order chi connectivity index (χ1) is 16.0. The number of piperazine rings is 1. The number of ether oxygens (including phenoxy) is 2. The van der Waals surface area contributed by atoms with Crippen LogP contribution in [0.3, 0.4) is 0 Å². The second-order valence-corrected chi connectivity index (χ2v) is 8.55. The lowest BCUT2D eigenvalue weighted by atomic mass is 10.1. The van der Waals surface area contributed by atoms with Gasteiger partial charge in [-0.05, 0) is 43.3 Å². The molecule has 1 fully saturated rings. The van der Waals surface area contributed by atoms with E-state index in [0.29, 0.717) is 41.7 Å². The minimum absolute atomic E-state index is 0.0219. The first-order valence-electron chi connectivity index (χ1n) is 10.9. The molecule has 3 aromatic carbocycles. The van der Waals surface area contributed by atoms with Gasteiger partial charge in [0.05, 0.1) is 23.3 Å². The van der Waals surface area contributed by atoms with Gasteiger partial charge in [0.15, 0.2) is 5.75 Å². The van der Waals surface area contributed by atoms with Crippen molar-refractivity contribution in [2.45, 2.75) is 13.0 Å². The van der Waals surface area contributed by atoms with Gasteiger partial charge in [-0.25, -0.2) is 4.99 Å². The Labute approximate surface area is 198 Å². The summed E-state index contributed by atoms with van der Waals surface area (Å²) in [6.45, 7) is 3.91. The van der Waals surface area contributed by atoms with Crippen LogP contribution in [0.1, 0.15) is 22.8 Å². The third-order valence-corrected chi connectivity index (χ3v) is 6.36. The van der Waals surface area contributed by atoms with Crippen LogP contribution in [-0.2, 0) is 0 Å². The lowest BCUT2D eigenvalue weighted by Crippen LogP contribution is -2.55. The molecule has 2 aliphatic rings. The molecule has 0 radical (unpaired) electrons. The standard InChI is InChI=1S/C26H24ClN3O3/c1-17-16-29(13-14-30(17)26(31)19-7-3-4-8-21(19)27)25-20-12-11-18(32-2)15-24(20)33-23-10-6-5-9-22(23)28-25/h3-12,15,17H,13-14,16H2,1-2H3/t17-/m1/s1. The van der Waals surface area contributed by atoms with Gasteiger partial charge in [0.1, 0.15) is 23.0 Å². The number of fused-ring (bicyclic) bond motifs is 2. The third kappa shape index (κ3) is 4.02. The number of methoxy groups -OCH3 is 1. The summed E-state index contributed by atoms with van der Waals surface area (Å²) >= 11 is 6.28. The van der Waals surface area contributed by atoms with E-state index in [0.717, 1.165) is 22.8 Å². The van der Waals surface area contributed by atoms with Crippen LogP contribution in [0.4, 0.5) is 5.69 Å². The second kappa shape index (κ2) is 8.79. The summed E-state index contributed by atoms with van der Waals surface area (Å²) in [6.07, 6.45) is 0. The molecule has 0 bridgehead atoms. The fourth-order valence-corrected chi connectivity index (χ4v) is 4.53. The maximum atomic E-state index is 13.2. The van der Waals surface area contributed by atoms with E-state index in [2.05, 4.69) is 11.8 Å². The summed E-state index contributed by atoms with van der Waals surface area (Å²) in [5.41, 5.74) is 2.20. The number of carbonyl (C=O) groups is 1. The summed E-state index contributed by atoms with van der Waals surface area (Å²) in [6, 6.07) is 20.7. The number of amides is 1. The molecule has 7 heteroatoms. The predicted octanol–water partition coefficient (Wildman–Crippen LogP) is 5.38. The maximum Gasteiger partial charge on any atom is 0.255 e.